The molecule has 31 heavy (non-hydrogen) atoms. The molecule has 2 aliphatic rings. The summed E-state index contributed by atoms with van der Waals surface area (Å²) in [6.07, 6.45) is 2.86. The van der Waals surface area contributed by atoms with E-state index < -0.39 is 0 Å². The fourth-order valence-corrected chi connectivity index (χ4v) is 5.43. The van der Waals surface area contributed by atoms with Gasteiger partial charge in [0.25, 0.3) is 5.56 Å². The second kappa shape index (κ2) is 7.89. The van der Waals surface area contributed by atoms with Crippen LogP contribution in [0, 0.1) is 5.92 Å². The molecule has 7 heteroatoms. The average Bonchev–Trinajstić information content (AvgIpc) is 3.22. The third-order valence-corrected chi connectivity index (χ3v) is 6.95. The van der Waals surface area contributed by atoms with Crippen LogP contribution in [0.3, 0.4) is 0 Å². The molecule has 1 aliphatic heterocycles. The van der Waals surface area contributed by atoms with Crippen LogP contribution in [0.25, 0.3) is 10.9 Å². The first kappa shape index (κ1) is 19.9. The first-order valence-electron chi connectivity index (χ1n) is 10.8. The normalized spacial score (nSPS) is 22.2. The lowest BCUT2D eigenvalue weighted by atomic mass is 9.73. The van der Waals surface area contributed by atoms with Crippen LogP contribution in [0.1, 0.15) is 29.9 Å². The van der Waals surface area contributed by atoms with Gasteiger partial charge in [0.2, 0.25) is 0 Å². The number of aromatic nitrogens is 2. The Morgan fingerprint density at radius 2 is 2.00 bits per heavy atom. The summed E-state index contributed by atoms with van der Waals surface area (Å²) in [7, 11) is 3.28. The highest BCUT2D eigenvalue weighted by molar-refractivity contribution is 5.78. The van der Waals surface area contributed by atoms with Crippen molar-refractivity contribution >= 4 is 10.9 Å². The van der Waals surface area contributed by atoms with E-state index in [2.05, 4.69) is 22.4 Å². The highest BCUT2D eigenvalue weighted by Gasteiger charge is 2.40. The van der Waals surface area contributed by atoms with Crippen LogP contribution < -0.4 is 26.0 Å². The molecule has 1 unspecified atom stereocenters. The van der Waals surface area contributed by atoms with Crippen molar-refractivity contribution in [2.24, 2.45) is 5.92 Å². The molecule has 0 saturated carbocycles. The van der Waals surface area contributed by atoms with Gasteiger partial charge in [0.1, 0.15) is 11.5 Å². The zero-order valence-electron chi connectivity index (χ0n) is 17.8. The molecule has 3 atom stereocenters. The van der Waals surface area contributed by atoms with Crippen molar-refractivity contribution in [1.82, 2.24) is 14.9 Å². The lowest BCUT2D eigenvalue weighted by molar-refractivity contribution is 0.371. The van der Waals surface area contributed by atoms with E-state index in [1.165, 1.54) is 15.7 Å². The maximum Gasteiger partial charge on any atom is 0.328 e. The van der Waals surface area contributed by atoms with Gasteiger partial charge in [-0.3, -0.25) is 9.36 Å². The lowest BCUT2D eigenvalue weighted by Gasteiger charge is -2.32. The molecular formula is C24H27N3O4. The summed E-state index contributed by atoms with van der Waals surface area (Å²) in [6, 6.07) is 11.6. The molecule has 7 nitrogen and oxygen atoms in total. The van der Waals surface area contributed by atoms with Gasteiger partial charge < -0.3 is 19.8 Å². The topological polar surface area (TPSA) is 85.3 Å². The molecular weight excluding hydrogens is 394 g/mol. The first-order valence-corrected chi connectivity index (χ1v) is 10.8. The van der Waals surface area contributed by atoms with E-state index in [1.54, 1.807) is 32.4 Å². The molecule has 1 fully saturated rings. The van der Waals surface area contributed by atoms with Crippen molar-refractivity contribution in [3.63, 3.8) is 0 Å². The molecule has 0 spiro atoms. The predicted octanol–water partition coefficient (Wildman–Crippen LogP) is 2.42. The SMILES string of the molecule is COc1ccc2[nH]c(=O)n(CCC3NC[C@@H]4CCc5c(OC)cccc5[C@H]34)c(=O)c2c1. The van der Waals surface area contributed by atoms with Crippen LogP contribution in [-0.4, -0.2) is 36.4 Å². The van der Waals surface area contributed by atoms with E-state index in [0.29, 0.717) is 41.5 Å². The first-order chi connectivity index (χ1) is 15.1. The molecule has 2 N–H and O–H groups in total. The van der Waals surface area contributed by atoms with Crippen molar-refractivity contribution in [2.75, 3.05) is 20.8 Å². The standard InChI is InChI=1S/C24H27N3O4/c1-30-15-7-9-19-18(12-15)23(28)27(24(29)26-19)11-10-20-22-14(13-25-20)6-8-16-17(22)4-3-5-21(16)31-2/h3-5,7,9,12,14,20,22,25H,6,8,10-11,13H2,1-2H3,(H,26,29)/t14-,20?,22+/m0/s1. The largest absolute Gasteiger partial charge is 0.497 e. The zero-order chi connectivity index (χ0) is 21.5. The number of ether oxygens (including phenoxy) is 2. The molecule has 1 aromatic heterocycles. The van der Waals surface area contributed by atoms with E-state index >= 15 is 0 Å². The fourth-order valence-electron chi connectivity index (χ4n) is 5.43. The summed E-state index contributed by atoms with van der Waals surface area (Å²) in [5.41, 5.74) is 2.52. The van der Waals surface area contributed by atoms with Crippen LogP contribution in [0.4, 0.5) is 0 Å². The third kappa shape index (κ3) is 3.33. The number of H-pyrrole nitrogens is 1. The smallest absolute Gasteiger partial charge is 0.328 e. The summed E-state index contributed by atoms with van der Waals surface area (Å²) < 4.78 is 12.1. The number of nitrogens with one attached hydrogen (secondary N) is 2. The minimum Gasteiger partial charge on any atom is -0.497 e. The molecule has 1 aliphatic carbocycles. The van der Waals surface area contributed by atoms with E-state index in [1.807, 2.05) is 6.07 Å². The van der Waals surface area contributed by atoms with Gasteiger partial charge in [0.05, 0.1) is 25.1 Å². The number of fused-ring (bicyclic) bond motifs is 4. The number of methoxy groups -OCH3 is 2. The number of benzene rings is 2. The van der Waals surface area contributed by atoms with Gasteiger partial charge in [-0.15, -0.1) is 0 Å². The van der Waals surface area contributed by atoms with Crippen LogP contribution in [0.15, 0.2) is 46.0 Å². The summed E-state index contributed by atoms with van der Waals surface area (Å²) in [4.78, 5) is 28.5. The molecule has 0 amide bonds. The molecule has 5 rings (SSSR count). The van der Waals surface area contributed by atoms with E-state index in [0.717, 1.165) is 25.1 Å². The number of hydrogen-bond donors (Lipinski definition) is 2. The molecule has 2 heterocycles. The minimum atomic E-state index is -0.372. The highest BCUT2D eigenvalue weighted by Crippen LogP contribution is 2.45. The summed E-state index contributed by atoms with van der Waals surface area (Å²) in [5.74, 6) is 2.49. The van der Waals surface area contributed by atoms with Crippen LogP contribution in [0.5, 0.6) is 11.5 Å². The fraction of sp³-hybridized carbons (Fsp3) is 0.417. The second-order valence-corrected chi connectivity index (χ2v) is 8.45. The Labute approximate surface area is 180 Å². The van der Waals surface area contributed by atoms with Gasteiger partial charge >= 0.3 is 5.69 Å². The van der Waals surface area contributed by atoms with Crippen molar-refractivity contribution in [2.45, 2.75) is 37.8 Å². The minimum absolute atomic E-state index is 0.212. The van der Waals surface area contributed by atoms with Crippen LogP contribution in [-0.2, 0) is 13.0 Å². The quantitative estimate of drug-likeness (QED) is 0.661. The summed E-state index contributed by atoms with van der Waals surface area (Å²) >= 11 is 0. The zero-order valence-corrected chi connectivity index (χ0v) is 17.8. The number of nitrogens with zero attached hydrogens (tertiary/aromatic N) is 1. The molecule has 1 saturated heterocycles. The Hall–Kier alpha value is -3.06. The summed E-state index contributed by atoms with van der Waals surface area (Å²) in [6.45, 7) is 1.33. The molecule has 2 aromatic carbocycles. The Bertz CT molecular complexity index is 1250. The maximum absolute atomic E-state index is 13.0. The average molecular weight is 421 g/mol. The Morgan fingerprint density at radius 3 is 2.81 bits per heavy atom. The third-order valence-electron chi connectivity index (χ3n) is 6.95. The Morgan fingerprint density at radius 1 is 1.13 bits per heavy atom. The van der Waals surface area contributed by atoms with Crippen LogP contribution in [0.2, 0.25) is 0 Å². The van der Waals surface area contributed by atoms with Crippen LogP contribution >= 0.6 is 0 Å². The number of rotatable bonds is 5. The number of hydrogen-bond acceptors (Lipinski definition) is 5. The van der Waals surface area contributed by atoms with E-state index in [9.17, 15) is 9.59 Å². The van der Waals surface area contributed by atoms with Gasteiger partial charge in [-0.25, -0.2) is 4.79 Å². The predicted molar refractivity (Wildman–Crippen MR) is 119 cm³/mol. The van der Waals surface area contributed by atoms with Gasteiger partial charge in [-0.05, 0) is 67.1 Å². The Balaban J connectivity index is 1.44. The number of aromatic amines is 1. The highest BCUT2D eigenvalue weighted by atomic mass is 16.5. The van der Waals surface area contributed by atoms with Crippen molar-refractivity contribution in [1.29, 1.82) is 0 Å². The van der Waals surface area contributed by atoms with E-state index in [4.69, 9.17) is 9.47 Å². The maximum atomic E-state index is 13.0. The van der Waals surface area contributed by atoms with Crippen molar-refractivity contribution in [3.8, 4) is 11.5 Å². The molecule has 3 aromatic rings. The summed E-state index contributed by atoms with van der Waals surface area (Å²) in [5, 5.41) is 4.12. The second-order valence-electron chi connectivity index (χ2n) is 8.45. The molecule has 0 bridgehead atoms. The van der Waals surface area contributed by atoms with Gasteiger partial charge in [-0.2, -0.15) is 0 Å². The molecule has 162 valence electrons. The van der Waals surface area contributed by atoms with Gasteiger partial charge in [-0.1, -0.05) is 12.1 Å². The van der Waals surface area contributed by atoms with E-state index in [-0.39, 0.29) is 17.3 Å². The van der Waals surface area contributed by atoms with Gasteiger partial charge in [0.15, 0.2) is 0 Å². The molecule has 0 radical (unpaired) electrons. The van der Waals surface area contributed by atoms with Crippen molar-refractivity contribution in [3.05, 3.63) is 68.4 Å². The monoisotopic (exact) mass is 421 g/mol. The Kier molecular flexibility index (Phi) is 5.06. The van der Waals surface area contributed by atoms with Gasteiger partial charge in [0, 0.05) is 18.5 Å². The van der Waals surface area contributed by atoms with Crippen molar-refractivity contribution < 1.29 is 9.47 Å². The lowest BCUT2D eigenvalue weighted by Crippen LogP contribution is -2.38.